The Morgan fingerprint density at radius 3 is 2.52 bits per heavy atom. The van der Waals surface area contributed by atoms with Crippen LogP contribution in [0, 0.1) is 0 Å². The third-order valence-electron chi connectivity index (χ3n) is 4.96. The quantitative estimate of drug-likeness (QED) is 0.646. The van der Waals surface area contributed by atoms with Crippen molar-refractivity contribution in [3.63, 3.8) is 0 Å². The van der Waals surface area contributed by atoms with Crippen molar-refractivity contribution in [1.29, 1.82) is 0 Å². The number of aromatic nitrogens is 2. The maximum Gasteiger partial charge on any atom is 0.410 e. The number of nitrogens with one attached hydrogen (secondary N) is 1. The SMILES string of the molecule is CC(O)CNC(=O)c1ccc(-c2nc(COC3CCN(C(=O)OC(C)(C)C)CC3)no2)cc1. The Morgan fingerprint density at radius 1 is 1.24 bits per heavy atom. The van der Waals surface area contributed by atoms with Gasteiger partial charge in [0.2, 0.25) is 0 Å². The van der Waals surface area contributed by atoms with E-state index in [1.54, 1.807) is 36.1 Å². The van der Waals surface area contributed by atoms with E-state index in [1.165, 1.54) is 0 Å². The average Bonchev–Trinajstić information content (AvgIpc) is 3.24. The Balaban J connectivity index is 1.46. The fourth-order valence-corrected chi connectivity index (χ4v) is 3.26. The highest BCUT2D eigenvalue weighted by molar-refractivity contribution is 5.94. The molecular weight excluding hydrogens is 428 g/mol. The van der Waals surface area contributed by atoms with Crippen molar-refractivity contribution in [2.45, 2.75) is 65.0 Å². The molecule has 1 aromatic carbocycles. The number of ether oxygens (including phenoxy) is 2. The molecule has 1 fully saturated rings. The lowest BCUT2D eigenvalue weighted by Crippen LogP contribution is -2.43. The van der Waals surface area contributed by atoms with Crippen LogP contribution < -0.4 is 5.32 Å². The summed E-state index contributed by atoms with van der Waals surface area (Å²) in [6.45, 7) is 8.71. The van der Waals surface area contributed by atoms with E-state index in [0.717, 1.165) is 0 Å². The van der Waals surface area contributed by atoms with Crippen LogP contribution in [0.3, 0.4) is 0 Å². The van der Waals surface area contributed by atoms with Crippen molar-refractivity contribution in [1.82, 2.24) is 20.4 Å². The number of amides is 2. The summed E-state index contributed by atoms with van der Waals surface area (Å²) < 4.78 is 16.6. The van der Waals surface area contributed by atoms with Crippen LogP contribution in [0.15, 0.2) is 28.8 Å². The third kappa shape index (κ3) is 7.54. The summed E-state index contributed by atoms with van der Waals surface area (Å²) in [7, 11) is 0. The summed E-state index contributed by atoms with van der Waals surface area (Å²) in [4.78, 5) is 30.3. The van der Waals surface area contributed by atoms with E-state index in [-0.39, 0.29) is 31.3 Å². The standard InChI is InChI=1S/C23H32N4O6/c1-15(28)13-24-20(29)16-5-7-17(8-6-16)21-25-19(26-33-21)14-31-18-9-11-27(12-10-18)22(30)32-23(2,3)4/h5-8,15,18,28H,9-14H2,1-4H3,(H,24,29). The molecule has 0 bridgehead atoms. The number of piperidine rings is 1. The zero-order chi connectivity index (χ0) is 24.0. The molecule has 3 rings (SSSR count). The Kier molecular flexibility index (Phi) is 8.04. The molecule has 2 aromatic rings. The third-order valence-corrected chi connectivity index (χ3v) is 4.96. The first-order valence-corrected chi connectivity index (χ1v) is 11.1. The van der Waals surface area contributed by atoms with Crippen LogP contribution in [-0.2, 0) is 16.1 Å². The van der Waals surface area contributed by atoms with E-state index in [0.29, 0.717) is 48.8 Å². The fraction of sp³-hybridized carbons (Fsp3) is 0.565. The first-order chi connectivity index (χ1) is 15.6. The minimum Gasteiger partial charge on any atom is -0.444 e. The van der Waals surface area contributed by atoms with Gasteiger partial charge in [-0.15, -0.1) is 0 Å². The topological polar surface area (TPSA) is 127 Å². The molecule has 180 valence electrons. The summed E-state index contributed by atoms with van der Waals surface area (Å²) in [5, 5.41) is 15.9. The normalized spacial score (nSPS) is 15.8. The number of aliphatic hydroxyl groups excluding tert-OH is 1. The molecule has 0 spiro atoms. The predicted molar refractivity (Wildman–Crippen MR) is 119 cm³/mol. The minimum absolute atomic E-state index is 0.00470. The maximum absolute atomic E-state index is 12.2. The highest BCUT2D eigenvalue weighted by Crippen LogP contribution is 2.20. The van der Waals surface area contributed by atoms with E-state index in [1.807, 2.05) is 20.8 Å². The van der Waals surface area contributed by atoms with Crippen LogP contribution in [0.2, 0.25) is 0 Å². The van der Waals surface area contributed by atoms with Gasteiger partial charge in [-0.2, -0.15) is 4.98 Å². The van der Waals surface area contributed by atoms with Gasteiger partial charge in [-0.1, -0.05) is 5.16 Å². The van der Waals surface area contributed by atoms with Gasteiger partial charge in [0.15, 0.2) is 5.82 Å². The highest BCUT2D eigenvalue weighted by Gasteiger charge is 2.27. The Labute approximate surface area is 193 Å². The zero-order valence-electron chi connectivity index (χ0n) is 19.5. The number of benzene rings is 1. The summed E-state index contributed by atoms with van der Waals surface area (Å²) in [5.41, 5.74) is 0.651. The van der Waals surface area contributed by atoms with Gasteiger partial charge < -0.3 is 29.3 Å². The average molecular weight is 461 g/mol. The van der Waals surface area contributed by atoms with E-state index >= 15 is 0 Å². The van der Waals surface area contributed by atoms with Gasteiger partial charge in [-0.05, 0) is 64.8 Å². The van der Waals surface area contributed by atoms with Crippen LogP contribution in [0.5, 0.6) is 0 Å². The van der Waals surface area contributed by atoms with Crippen molar-refractivity contribution in [2.75, 3.05) is 19.6 Å². The summed E-state index contributed by atoms with van der Waals surface area (Å²) >= 11 is 0. The Bertz CT molecular complexity index is 927. The number of carbonyl (C=O) groups excluding carboxylic acids is 2. The van der Waals surface area contributed by atoms with Gasteiger partial charge in [-0.3, -0.25) is 4.79 Å². The lowest BCUT2D eigenvalue weighted by atomic mass is 10.1. The number of aliphatic hydroxyl groups is 1. The molecule has 10 heteroatoms. The van der Waals surface area contributed by atoms with Crippen molar-refractivity contribution >= 4 is 12.0 Å². The number of hydrogen-bond acceptors (Lipinski definition) is 8. The summed E-state index contributed by atoms with van der Waals surface area (Å²) in [5.74, 6) is 0.502. The van der Waals surface area contributed by atoms with Crippen molar-refractivity contribution in [3.05, 3.63) is 35.7 Å². The molecule has 0 radical (unpaired) electrons. The molecule has 1 aliphatic rings. The largest absolute Gasteiger partial charge is 0.444 e. The molecule has 1 aromatic heterocycles. The minimum atomic E-state index is -0.607. The molecular formula is C23H32N4O6. The number of rotatable bonds is 7. The molecule has 2 amide bonds. The molecule has 2 N–H and O–H groups in total. The molecule has 0 saturated carbocycles. The summed E-state index contributed by atoms with van der Waals surface area (Å²) in [6.07, 6.45) is 0.524. The van der Waals surface area contributed by atoms with E-state index in [9.17, 15) is 14.7 Å². The molecule has 1 atom stereocenters. The number of nitrogens with zero attached hydrogens (tertiary/aromatic N) is 3. The number of likely N-dealkylation sites (tertiary alicyclic amines) is 1. The van der Waals surface area contributed by atoms with Crippen LogP contribution in [0.4, 0.5) is 4.79 Å². The smallest absolute Gasteiger partial charge is 0.410 e. The van der Waals surface area contributed by atoms with Crippen molar-refractivity contribution in [3.8, 4) is 11.5 Å². The van der Waals surface area contributed by atoms with Gasteiger partial charge >= 0.3 is 6.09 Å². The first-order valence-electron chi connectivity index (χ1n) is 11.1. The molecule has 33 heavy (non-hydrogen) atoms. The maximum atomic E-state index is 12.2. The predicted octanol–water partition coefficient (Wildman–Crippen LogP) is 2.76. The number of hydrogen-bond donors (Lipinski definition) is 2. The van der Waals surface area contributed by atoms with Crippen LogP contribution >= 0.6 is 0 Å². The van der Waals surface area contributed by atoms with Crippen molar-refractivity contribution < 1.29 is 28.7 Å². The Hall–Kier alpha value is -2.98. The van der Waals surface area contributed by atoms with Gasteiger partial charge in [0.1, 0.15) is 12.2 Å². The number of carbonyl (C=O) groups is 2. The fourth-order valence-electron chi connectivity index (χ4n) is 3.26. The monoisotopic (exact) mass is 460 g/mol. The molecule has 1 saturated heterocycles. The van der Waals surface area contributed by atoms with E-state index < -0.39 is 11.7 Å². The van der Waals surface area contributed by atoms with Gasteiger partial charge in [0.25, 0.3) is 11.8 Å². The van der Waals surface area contributed by atoms with Crippen LogP contribution in [-0.4, -0.2) is 69.6 Å². The van der Waals surface area contributed by atoms with Crippen molar-refractivity contribution in [2.24, 2.45) is 0 Å². The lowest BCUT2D eigenvalue weighted by molar-refractivity contribution is -0.0190. The summed E-state index contributed by atoms with van der Waals surface area (Å²) in [6, 6.07) is 6.76. The second kappa shape index (κ2) is 10.8. The van der Waals surface area contributed by atoms with Crippen LogP contribution in [0.25, 0.3) is 11.5 Å². The van der Waals surface area contributed by atoms with E-state index in [4.69, 9.17) is 14.0 Å². The second-order valence-corrected chi connectivity index (χ2v) is 9.13. The lowest BCUT2D eigenvalue weighted by Gasteiger charge is -2.33. The van der Waals surface area contributed by atoms with Gasteiger partial charge in [-0.25, -0.2) is 4.79 Å². The molecule has 1 unspecified atom stereocenters. The first kappa shape index (κ1) is 24.7. The molecule has 10 nitrogen and oxygen atoms in total. The molecule has 1 aliphatic heterocycles. The second-order valence-electron chi connectivity index (χ2n) is 9.13. The van der Waals surface area contributed by atoms with E-state index in [2.05, 4.69) is 15.5 Å². The Morgan fingerprint density at radius 2 is 1.91 bits per heavy atom. The van der Waals surface area contributed by atoms with Gasteiger partial charge in [0.05, 0.1) is 12.2 Å². The highest BCUT2D eigenvalue weighted by atomic mass is 16.6. The molecule has 2 heterocycles. The zero-order valence-corrected chi connectivity index (χ0v) is 19.5. The molecule has 0 aliphatic carbocycles. The van der Waals surface area contributed by atoms with Crippen LogP contribution in [0.1, 0.15) is 56.7 Å². The van der Waals surface area contributed by atoms with Gasteiger partial charge in [0, 0.05) is 30.8 Å².